The van der Waals surface area contributed by atoms with Gasteiger partial charge in [-0.2, -0.15) is 0 Å². The largest absolute Gasteiger partial charge is 0.479 e. The number of hydrogen-bond acceptors (Lipinski definition) is 3. The third-order valence-corrected chi connectivity index (χ3v) is 2.06. The van der Waals surface area contributed by atoms with Crippen molar-refractivity contribution >= 4 is 23.5 Å². The van der Waals surface area contributed by atoms with Gasteiger partial charge in [-0.3, -0.25) is 9.63 Å². The van der Waals surface area contributed by atoms with Gasteiger partial charge in [0.2, 0.25) is 5.91 Å². The van der Waals surface area contributed by atoms with E-state index in [1.165, 1.54) is 0 Å². The lowest BCUT2D eigenvalue weighted by molar-refractivity contribution is -0.149. The molecule has 1 aromatic carbocycles. The first-order valence-corrected chi connectivity index (χ1v) is 4.83. The molecule has 1 rings (SSSR count). The van der Waals surface area contributed by atoms with E-state index in [4.69, 9.17) is 16.7 Å². The average Bonchev–Trinajstić information content (AvgIpc) is 2.21. The van der Waals surface area contributed by atoms with Crippen molar-refractivity contribution in [2.24, 2.45) is 0 Å². The summed E-state index contributed by atoms with van der Waals surface area (Å²) in [4.78, 5) is 25.8. The minimum absolute atomic E-state index is 0.0410. The molecule has 0 atom stereocenters. The van der Waals surface area contributed by atoms with Crippen LogP contribution >= 0.6 is 11.6 Å². The number of carboxylic acids is 1. The van der Waals surface area contributed by atoms with E-state index >= 15 is 0 Å². The molecule has 0 aliphatic rings. The molecule has 16 heavy (non-hydrogen) atoms. The molecule has 0 fully saturated rings. The molecule has 0 saturated carbocycles. The molecule has 0 aliphatic carbocycles. The van der Waals surface area contributed by atoms with E-state index in [-0.39, 0.29) is 6.42 Å². The van der Waals surface area contributed by atoms with Gasteiger partial charge in [0.15, 0.2) is 6.61 Å². The van der Waals surface area contributed by atoms with E-state index in [2.05, 4.69) is 4.84 Å². The number of carboxylic acid groups (broad SMARTS) is 1. The van der Waals surface area contributed by atoms with E-state index in [1.54, 1.807) is 24.3 Å². The number of carbonyl (C=O) groups is 2. The van der Waals surface area contributed by atoms with E-state index in [0.717, 1.165) is 0 Å². The average molecular weight is 244 g/mol. The van der Waals surface area contributed by atoms with Crippen molar-refractivity contribution < 1.29 is 19.5 Å². The Morgan fingerprint density at radius 3 is 2.69 bits per heavy atom. The Kier molecular flexibility index (Phi) is 4.75. The molecule has 0 unspecified atom stereocenters. The van der Waals surface area contributed by atoms with Crippen LogP contribution in [0.5, 0.6) is 0 Å². The number of halogens is 1. The summed E-state index contributed by atoms with van der Waals surface area (Å²) in [5.74, 6) is -1.60. The summed E-state index contributed by atoms with van der Waals surface area (Å²) in [6.07, 6.45) is 0.0410. The van der Waals surface area contributed by atoms with E-state index < -0.39 is 18.5 Å². The smallest absolute Gasteiger partial charge is 0.332 e. The minimum atomic E-state index is -1.15. The highest BCUT2D eigenvalue weighted by Gasteiger charge is 2.07. The Morgan fingerprint density at radius 2 is 2.06 bits per heavy atom. The lowest BCUT2D eigenvalue weighted by Gasteiger charge is -2.05. The number of hydroxylamine groups is 1. The number of benzene rings is 1. The maximum atomic E-state index is 11.3. The molecule has 6 heteroatoms. The number of hydrogen-bond donors (Lipinski definition) is 2. The third-order valence-electron chi connectivity index (χ3n) is 1.69. The lowest BCUT2D eigenvalue weighted by Crippen LogP contribution is -2.28. The standard InChI is InChI=1S/C10H10ClNO4/c11-8-4-2-1-3-7(8)5-9(13)12-16-6-10(14)15/h1-4H,5-6H2,(H,12,13)(H,14,15). The minimum Gasteiger partial charge on any atom is -0.479 e. The van der Waals surface area contributed by atoms with Crippen molar-refractivity contribution in [1.29, 1.82) is 0 Å². The van der Waals surface area contributed by atoms with Gasteiger partial charge in [0.1, 0.15) is 0 Å². The van der Waals surface area contributed by atoms with E-state index in [1.807, 2.05) is 5.48 Å². The zero-order valence-electron chi connectivity index (χ0n) is 8.27. The number of nitrogens with one attached hydrogen (secondary N) is 1. The predicted octanol–water partition coefficient (Wildman–Crippen LogP) is 1.01. The molecular formula is C10H10ClNO4. The Bertz CT molecular complexity index is 394. The molecule has 1 amide bonds. The Balaban J connectivity index is 2.40. The predicted molar refractivity (Wildman–Crippen MR) is 56.9 cm³/mol. The van der Waals surface area contributed by atoms with E-state index in [0.29, 0.717) is 10.6 Å². The molecule has 0 spiro atoms. The fourth-order valence-electron chi connectivity index (χ4n) is 1.03. The van der Waals surface area contributed by atoms with Gasteiger partial charge in [-0.25, -0.2) is 10.3 Å². The van der Waals surface area contributed by atoms with Gasteiger partial charge in [-0.15, -0.1) is 0 Å². The van der Waals surface area contributed by atoms with Crippen LogP contribution < -0.4 is 5.48 Å². The highest BCUT2D eigenvalue weighted by atomic mass is 35.5. The second-order valence-electron chi connectivity index (χ2n) is 2.98. The Labute approximate surface area is 96.9 Å². The first-order chi connectivity index (χ1) is 7.59. The fraction of sp³-hybridized carbons (Fsp3) is 0.200. The van der Waals surface area contributed by atoms with Crippen LogP contribution in [0.2, 0.25) is 5.02 Å². The van der Waals surface area contributed by atoms with E-state index in [9.17, 15) is 9.59 Å². The van der Waals surface area contributed by atoms with Crippen molar-refractivity contribution in [2.75, 3.05) is 6.61 Å². The molecule has 86 valence electrons. The zero-order valence-corrected chi connectivity index (χ0v) is 9.03. The highest BCUT2D eigenvalue weighted by Crippen LogP contribution is 2.14. The van der Waals surface area contributed by atoms with Crippen LogP contribution in [0.4, 0.5) is 0 Å². The summed E-state index contributed by atoms with van der Waals surface area (Å²) >= 11 is 5.84. The van der Waals surface area contributed by atoms with Crippen molar-refractivity contribution in [2.45, 2.75) is 6.42 Å². The molecule has 0 aliphatic heterocycles. The second-order valence-corrected chi connectivity index (χ2v) is 3.38. The molecule has 5 nitrogen and oxygen atoms in total. The molecule has 1 aromatic rings. The van der Waals surface area contributed by atoms with Gasteiger partial charge in [0.05, 0.1) is 6.42 Å². The van der Waals surface area contributed by atoms with Crippen LogP contribution in [-0.4, -0.2) is 23.6 Å². The summed E-state index contributed by atoms with van der Waals surface area (Å²) in [6.45, 7) is -0.575. The highest BCUT2D eigenvalue weighted by molar-refractivity contribution is 6.31. The number of aliphatic carboxylic acids is 1. The van der Waals surface area contributed by atoms with Crippen LogP contribution in [0, 0.1) is 0 Å². The topological polar surface area (TPSA) is 75.6 Å². The summed E-state index contributed by atoms with van der Waals surface area (Å²) in [5, 5.41) is 8.75. The summed E-state index contributed by atoms with van der Waals surface area (Å²) < 4.78 is 0. The molecule has 0 heterocycles. The lowest BCUT2D eigenvalue weighted by atomic mass is 10.1. The van der Waals surface area contributed by atoms with Crippen molar-refractivity contribution in [3.63, 3.8) is 0 Å². The molecular weight excluding hydrogens is 234 g/mol. The van der Waals surface area contributed by atoms with Crippen molar-refractivity contribution in [1.82, 2.24) is 5.48 Å². The third kappa shape index (κ3) is 4.29. The normalized spacial score (nSPS) is 9.81. The number of carbonyl (C=O) groups excluding carboxylic acids is 1. The van der Waals surface area contributed by atoms with Gasteiger partial charge < -0.3 is 5.11 Å². The first kappa shape index (κ1) is 12.5. The quantitative estimate of drug-likeness (QED) is 0.757. The van der Waals surface area contributed by atoms with Gasteiger partial charge in [-0.05, 0) is 11.6 Å². The van der Waals surface area contributed by atoms with Crippen LogP contribution in [0.15, 0.2) is 24.3 Å². The number of amides is 1. The Morgan fingerprint density at radius 1 is 1.38 bits per heavy atom. The monoisotopic (exact) mass is 243 g/mol. The van der Waals surface area contributed by atoms with Gasteiger partial charge >= 0.3 is 5.97 Å². The first-order valence-electron chi connectivity index (χ1n) is 4.45. The molecule has 0 bridgehead atoms. The molecule has 0 radical (unpaired) electrons. The molecule has 2 N–H and O–H groups in total. The van der Waals surface area contributed by atoms with Crippen LogP contribution in [0.25, 0.3) is 0 Å². The zero-order chi connectivity index (χ0) is 12.0. The maximum Gasteiger partial charge on any atom is 0.332 e. The second kappa shape index (κ2) is 6.09. The van der Waals surface area contributed by atoms with Crippen molar-refractivity contribution in [3.05, 3.63) is 34.9 Å². The van der Waals surface area contributed by atoms with Crippen LogP contribution in [0.3, 0.4) is 0 Å². The van der Waals surface area contributed by atoms with Gasteiger partial charge in [-0.1, -0.05) is 29.8 Å². The summed E-state index contributed by atoms with van der Waals surface area (Å²) in [5.41, 5.74) is 2.66. The van der Waals surface area contributed by atoms with Gasteiger partial charge in [0.25, 0.3) is 0 Å². The SMILES string of the molecule is O=C(O)CONC(=O)Cc1ccccc1Cl. The summed E-state index contributed by atoms with van der Waals surface area (Å²) in [6, 6.07) is 6.89. The van der Waals surface area contributed by atoms with Gasteiger partial charge in [0, 0.05) is 5.02 Å². The van der Waals surface area contributed by atoms with Crippen LogP contribution in [-0.2, 0) is 20.8 Å². The fourth-order valence-corrected chi connectivity index (χ4v) is 1.23. The number of rotatable bonds is 5. The van der Waals surface area contributed by atoms with Crippen LogP contribution in [0.1, 0.15) is 5.56 Å². The Hall–Kier alpha value is -1.59. The summed E-state index contributed by atoms with van der Waals surface area (Å²) in [7, 11) is 0. The maximum absolute atomic E-state index is 11.3. The van der Waals surface area contributed by atoms with Crippen molar-refractivity contribution in [3.8, 4) is 0 Å². The molecule has 0 aromatic heterocycles. The molecule has 0 saturated heterocycles.